The van der Waals surface area contributed by atoms with E-state index in [1.54, 1.807) is 48.5 Å². The molecule has 10 rings (SSSR count). The number of ether oxygens (including phenoxy) is 2. The zero-order valence-corrected chi connectivity index (χ0v) is 40.2. The van der Waals surface area contributed by atoms with E-state index >= 15 is 0 Å². The van der Waals surface area contributed by atoms with Crippen molar-refractivity contribution in [2.24, 2.45) is 11.8 Å². The number of benzene rings is 6. The molecule has 4 aliphatic rings. The predicted octanol–water partition coefficient (Wildman–Crippen LogP) is 8.93. The molecule has 0 spiro atoms. The fourth-order valence-corrected chi connectivity index (χ4v) is 13.2. The van der Waals surface area contributed by atoms with Crippen molar-refractivity contribution in [3.63, 3.8) is 0 Å². The van der Waals surface area contributed by atoms with Crippen LogP contribution in [0.2, 0.25) is 0 Å². The average Bonchev–Trinajstić information content (AvgIpc) is 4.21. The number of hydrogen-bond donors (Lipinski definition) is 0. The van der Waals surface area contributed by atoms with Gasteiger partial charge in [-0.05, 0) is 73.2 Å². The molecule has 0 N–H and O–H groups in total. The van der Waals surface area contributed by atoms with Gasteiger partial charge in [-0.3, -0.25) is 9.59 Å². The highest BCUT2D eigenvalue weighted by Gasteiger charge is 2.52. The number of cyclic esters (lactones) is 2. The summed E-state index contributed by atoms with van der Waals surface area (Å²) in [5, 5.41) is 0. The molecule has 4 heterocycles. The number of rotatable bonds is 10. The van der Waals surface area contributed by atoms with Crippen LogP contribution in [0.4, 0.5) is 9.59 Å². The molecule has 0 aliphatic carbocycles. The van der Waals surface area contributed by atoms with Crippen LogP contribution in [0.3, 0.4) is 0 Å². The van der Waals surface area contributed by atoms with Crippen molar-refractivity contribution in [2.45, 2.75) is 60.6 Å². The maximum atomic E-state index is 13.9. The van der Waals surface area contributed by atoms with Gasteiger partial charge in [0.1, 0.15) is 25.3 Å². The fourth-order valence-electron chi connectivity index (χ4n) is 9.90. The SMILES string of the molecule is Cc1ccc(S(=O)(=O)N2CC[C@@H](C(=O)N3C(=O)OC[C@@H]3c3ccccc3)[C@H]2c2ccccc2)cc1.Cc1ccc(S(=O)(=O)N2CC[C@@H](C(=O)N3C(=O)OC[C@@H]3c3ccccc3)[C@H]2c2ccccc2)cc1. The Labute approximate surface area is 408 Å². The average molecular weight is 981 g/mol. The first-order valence-electron chi connectivity index (χ1n) is 23.1. The Kier molecular flexibility index (Phi) is 13.8. The molecule has 0 radical (unpaired) electrons. The maximum absolute atomic E-state index is 13.9. The van der Waals surface area contributed by atoms with Crippen LogP contribution in [-0.4, -0.2) is 85.5 Å². The molecule has 4 saturated heterocycles. The van der Waals surface area contributed by atoms with Crippen LogP contribution in [0.25, 0.3) is 0 Å². The second-order valence-corrected chi connectivity index (χ2v) is 21.6. The highest BCUT2D eigenvalue weighted by molar-refractivity contribution is 7.89. The minimum absolute atomic E-state index is 0.0721. The monoisotopic (exact) mass is 980 g/mol. The Hall–Kier alpha value is -6.98. The molecule has 0 saturated carbocycles. The summed E-state index contributed by atoms with van der Waals surface area (Å²) in [5.74, 6) is -2.29. The minimum Gasteiger partial charge on any atom is -0.446 e. The number of carbonyl (C=O) groups is 4. The molecule has 4 amide bonds. The van der Waals surface area contributed by atoms with Gasteiger partial charge in [-0.2, -0.15) is 8.61 Å². The van der Waals surface area contributed by atoms with E-state index in [9.17, 15) is 36.0 Å². The third-order valence-corrected chi connectivity index (χ3v) is 17.3. The lowest BCUT2D eigenvalue weighted by Crippen LogP contribution is -2.41. The number of amides is 4. The van der Waals surface area contributed by atoms with Crippen molar-refractivity contribution in [3.8, 4) is 0 Å². The van der Waals surface area contributed by atoms with E-state index in [0.29, 0.717) is 24.0 Å². The van der Waals surface area contributed by atoms with Crippen LogP contribution in [0.1, 0.15) is 70.4 Å². The van der Waals surface area contributed by atoms with Gasteiger partial charge >= 0.3 is 12.2 Å². The Morgan fingerprint density at radius 1 is 0.443 bits per heavy atom. The Bertz CT molecular complexity index is 2860. The van der Waals surface area contributed by atoms with Crippen molar-refractivity contribution in [1.82, 2.24) is 18.4 Å². The molecule has 6 aromatic rings. The van der Waals surface area contributed by atoms with E-state index in [0.717, 1.165) is 32.1 Å². The number of carbonyl (C=O) groups excluding carboxylic acids is 4. The van der Waals surface area contributed by atoms with Gasteiger partial charge in [0.2, 0.25) is 31.9 Å². The number of hydrogen-bond acceptors (Lipinski definition) is 10. The molecule has 4 fully saturated rings. The lowest BCUT2D eigenvalue weighted by atomic mass is 9.92. The summed E-state index contributed by atoms with van der Waals surface area (Å²) >= 11 is 0. The van der Waals surface area contributed by atoms with Crippen molar-refractivity contribution < 1.29 is 45.5 Å². The minimum atomic E-state index is -3.88. The second kappa shape index (κ2) is 20.2. The second-order valence-electron chi connectivity index (χ2n) is 17.8. The Morgan fingerprint density at radius 2 is 0.743 bits per heavy atom. The first-order valence-corrected chi connectivity index (χ1v) is 26.0. The summed E-state index contributed by atoms with van der Waals surface area (Å²) in [7, 11) is -7.75. The summed E-state index contributed by atoms with van der Waals surface area (Å²) in [6.45, 7) is 4.28. The first kappa shape index (κ1) is 48.1. The van der Waals surface area contributed by atoms with Crippen molar-refractivity contribution in [1.29, 1.82) is 0 Å². The van der Waals surface area contributed by atoms with Crippen LogP contribution in [0.15, 0.2) is 180 Å². The first-order chi connectivity index (χ1) is 33.8. The molecule has 0 unspecified atom stereocenters. The van der Waals surface area contributed by atoms with Gasteiger partial charge in [-0.15, -0.1) is 0 Å². The molecular weight excluding hydrogens is 929 g/mol. The molecule has 0 bridgehead atoms. The van der Waals surface area contributed by atoms with Crippen LogP contribution >= 0.6 is 0 Å². The summed E-state index contributed by atoms with van der Waals surface area (Å²) in [6.07, 6.45) is -0.796. The molecule has 6 aromatic carbocycles. The zero-order valence-electron chi connectivity index (χ0n) is 38.6. The highest BCUT2D eigenvalue weighted by Crippen LogP contribution is 2.45. The van der Waals surface area contributed by atoms with E-state index < -0.39 is 80.1 Å². The highest BCUT2D eigenvalue weighted by atomic mass is 32.2. The van der Waals surface area contributed by atoms with Gasteiger partial charge in [0.25, 0.3) is 0 Å². The Balaban J connectivity index is 0.000000174. The molecule has 4 aliphatic heterocycles. The Morgan fingerprint density at radius 3 is 1.06 bits per heavy atom. The molecule has 16 heteroatoms. The van der Waals surface area contributed by atoms with E-state index in [1.807, 2.05) is 135 Å². The van der Waals surface area contributed by atoms with E-state index in [-0.39, 0.29) is 36.1 Å². The maximum Gasteiger partial charge on any atom is 0.417 e. The molecule has 360 valence electrons. The third-order valence-electron chi connectivity index (χ3n) is 13.5. The topological polar surface area (TPSA) is 168 Å². The third kappa shape index (κ3) is 9.39. The molecule has 14 nitrogen and oxygen atoms in total. The van der Waals surface area contributed by atoms with Crippen molar-refractivity contribution in [3.05, 3.63) is 203 Å². The lowest BCUT2D eigenvalue weighted by molar-refractivity contribution is -0.135. The largest absolute Gasteiger partial charge is 0.446 e. The fraction of sp³-hybridized carbons (Fsp3) is 0.259. The molecule has 6 atom stereocenters. The quantitative estimate of drug-likeness (QED) is 0.129. The van der Waals surface area contributed by atoms with Gasteiger partial charge in [0.15, 0.2) is 0 Å². The molecule has 0 aromatic heterocycles. The van der Waals surface area contributed by atoms with Crippen LogP contribution in [0.5, 0.6) is 0 Å². The number of aryl methyl sites for hydroxylation is 2. The number of sulfonamides is 2. The summed E-state index contributed by atoms with van der Waals surface area (Å²) in [5.41, 5.74) is 4.93. The molecule has 70 heavy (non-hydrogen) atoms. The van der Waals surface area contributed by atoms with Crippen molar-refractivity contribution >= 4 is 44.0 Å². The summed E-state index contributed by atoms with van der Waals surface area (Å²) in [6, 6.07) is 47.6. The smallest absolute Gasteiger partial charge is 0.417 e. The lowest BCUT2D eigenvalue weighted by Gasteiger charge is -2.30. The number of nitrogens with zero attached hydrogens (tertiary/aromatic N) is 4. The van der Waals surface area contributed by atoms with Crippen molar-refractivity contribution in [2.75, 3.05) is 26.3 Å². The van der Waals surface area contributed by atoms with E-state index in [1.165, 1.54) is 8.61 Å². The number of imide groups is 2. The van der Waals surface area contributed by atoms with E-state index in [4.69, 9.17) is 9.47 Å². The van der Waals surface area contributed by atoms with Gasteiger partial charge in [0.05, 0.1) is 33.7 Å². The summed E-state index contributed by atoms with van der Waals surface area (Å²) in [4.78, 5) is 55.8. The standard InChI is InChI=1S/2C27H26N2O5S/c2*1-19-12-14-22(15-13-19)35(32,33)28-17-16-23(25(28)21-10-6-3-7-11-21)26(30)29-24(18-34-27(29)31)20-8-4-2-5-9-20/h2*2-15,23-25H,16-18H2,1H3/t2*23-,24-,25-/m11/s1. The van der Waals surface area contributed by atoms with Crippen LogP contribution < -0.4 is 0 Å². The van der Waals surface area contributed by atoms with E-state index in [2.05, 4.69) is 0 Å². The zero-order chi connectivity index (χ0) is 49.2. The van der Waals surface area contributed by atoms with Gasteiger partial charge in [-0.25, -0.2) is 36.2 Å². The van der Waals surface area contributed by atoms with Gasteiger partial charge < -0.3 is 9.47 Å². The van der Waals surface area contributed by atoms with Crippen LogP contribution in [-0.2, 0) is 39.1 Å². The van der Waals surface area contributed by atoms with Gasteiger partial charge in [-0.1, -0.05) is 157 Å². The summed E-state index contributed by atoms with van der Waals surface area (Å²) < 4.78 is 68.0. The predicted molar refractivity (Wildman–Crippen MR) is 259 cm³/mol. The molecular formula is C54H52N4O10S2. The normalized spacial score (nSPS) is 22.8. The van der Waals surface area contributed by atoms with Crippen LogP contribution in [0, 0.1) is 25.7 Å². The van der Waals surface area contributed by atoms with Gasteiger partial charge in [0, 0.05) is 13.1 Å².